The summed E-state index contributed by atoms with van der Waals surface area (Å²) in [7, 11) is 0. The van der Waals surface area contributed by atoms with Crippen LogP contribution in [0.3, 0.4) is 0 Å². The number of ether oxygens (including phenoxy) is 2. The van der Waals surface area contributed by atoms with Crippen molar-refractivity contribution < 1.29 is 9.47 Å². The van der Waals surface area contributed by atoms with Gasteiger partial charge < -0.3 is 15.2 Å². The van der Waals surface area contributed by atoms with E-state index in [0.717, 1.165) is 18.4 Å². The van der Waals surface area contributed by atoms with Crippen LogP contribution in [0.5, 0.6) is 0 Å². The minimum absolute atomic E-state index is 0.108. The van der Waals surface area contributed by atoms with Crippen LogP contribution in [0.2, 0.25) is 5.02 Å². The molecule has 0 aliphatic carbocycles. The summed E-state index contributed by atoms with van der Waals surface area (Å²) in [5.41, 5.74) is 7.08. The molecule has 4 heteroatoms. The van der Waals surface area contributed by atoms with Crippen LogP contribution in [0.25, 0.3) is 0 Å². The van der Waals surface area contributed by atoms with E-state index in [1.54, 1.807) is 0 Å². The summed E-state index contributed by atoms with van der Waals surface area (Å²) in [6.07, 6.45) is 2.25. The molecule has 1 saturated heterocycles. The summed E-state index contributed by atoms with van der Waals surface area (Å²) >= 11 is 6.28. The molecule has 112 valence electrons. The van der Waals surface area contributed by atoms with Gasteiger partial charge in [-0.15, -0.1) is 0 Å². The van der Waals surface area contributed by atoms with Crippen molar-refractivity contribution in [2.75, 3.05) is 0 Å². The molecule has 4 unspecified atom stereocenters. The molecule has 3 nitrogen and oxygen atoms in total. The molecule has 1 aromatic carbocycles. The first-order valence-electron chi connectivity index (χ1n) is 7.28. The van der Waals surface area contributed by atoms with Gasteiger partial charge in [-0.25, -0.2) is 0 Å². The maximum Gasteiger partial charge on any atom is 0.0991 e. The van der Waals surface area contributed by atoms with E-state index >= 15 is 0 Å². The fraction of sp³-hybridized carbons (Fsp3) is 0.625. The zero-order chi connectivity index (χ0) is 14.7. The molecule has 1 aromatic rings. The zero-order valence-electron chi connectivity index (χ0n) is 12.4. The van der Waals surface area contributed by atoms with Gasteiger partial charge in [-0.05, 0) is 39.7 Å². The van der Waals surface area contributed by atoms with Crippen molar-refractivity contribution in [2.45, 2.75) is 64.1 Å². The minimum atomic E-state index is -0.175. The standard InChI is InChI=1S/C16H24ClNO2/c1-10-8-13(9-11(2)19-10)20-16(12(3)18)14-6-4-5-7-15(14)17/h4-7,10-13,16H,8-9,18H2,1-3H3. The third kappa shape index (κ3) is 3.95. The number of rotatable bonds is 4. The maximum absolute atomic E-state index is 6.28. The Bertz CT molecular complexity index is 428. The van der Waals surface area contributed by atoms with Crippen LogP contribution in [-0.4, -0.2) is 24.4 Å². The molecule has 1 fully saturated rings. The lowest BCUT2D eigenvalue weighted by atomic mass is 9.99. The summed E-state index contributed by atoms with van der Waals surface area (Å²) < 4.78 is 12.0. The average molecular weight is 298 g/mol. The van der Waals surface area contributed by atoms with E-state index in [-0.39, 0.29) is 30.5 Å². The van der Waals surface area contributed by atoms with E-state index in [9.17, 15) is 0 Å². The third-order valence-electron chi connectivity index (χ3n) is 3.68. The molecular formula is C16H24ClNO2. The third-order valence-corrected chi connectivity index (χ3v) is 4.03. The topological polar surface area (TPSA) is 44.5 Å². The molecule has 0 bridgehead atoms. The predicted molar refractivity (Wildman–Crippen MR) is 82.0 cm³/mol. The highest BCUT2D eigenvalue weighted by atomic mass is 35.5. The van der Waals surface area contributed by atoms with Crippen LogP contribution in [-0.2, 0) is 9.47 Å². The van der Waals surface area contributed by atoms with Crippen LogP contribution < -0.4 is 5.73 Å². The van der Waals surface area contributed by atoms with Crippen LogP contribution in [0.15, 0.2) is 24.3 Å². The van der Waals surface area contributed by atoms with Crippen LogP contribution in [0.4, 0.5) is 0 Å². The monoisotopic (exact) mass is 297 g/mol. The van der Waals surface area contributed by atoms with E-state index in [4.69, 9.17) is 26.8 Å². The Labute approximate surface area is 126 Å². The molecule has 4 atom stereocenters. The van der Waals surface area contributed by atoms with Crippen molar-refractivity contribution >= 4 is 11.6 Å². The molecule has 2 rings (SSSR count). The van der Waals surface area contributed by atoms with Gasteiger partial charge in [0.25, 0.3) is 0 Å². The van der Waals surface area contributed by atoms with Gasteiger partial charge in [-0.2, -0.15) is 0 Å². The van der Waals surface area contributed by atoms with Crippen molar-refractivity contribution in [3.63, 3.8) is 0 Å². The highest BCUT2D eigenvalue weighted by Gasteiger charge is 2.29. The number of halogens is 1. The summed E-state index contributed by atoms with van der Waals surface area (Å²) in [6.45, 7) is 6.13. The molecule has 1 heterocycles. The van der Waals surface area contributed by atoms with E-state index in [1.165, 1.54) is 0 Å². The van der Waals surface area contributed by atoms with Crippen molar-refractivity contribution in [3.05, 3.63) is 34.9 Å². The van der Waals surface area contributed by atoms with Gasteiger partial charge >= 0.3 is 0 Å². The molecule has 0 saturated carbocycles. The molecule has 20 heavy (non-hydrogen) atoms. The Kier molecular flexibility index (Phi) is 5.44. The van der Waals surface area contributed by atoms with Gasteiger partial charge in [0, 0.05) is 16.6 Å². The first kappa shape index (κ1) is 15.8. The molecule has 1 aliphatic rings. The Hall–Kier alpha value is -0.610. The molecule has 0 amide bonds. The van der Waals surface area contributed by atoms with Gasteiger partial charge in [-0.1, -0.05) is 29.8 Å². The fourth-order valence-electron chi connectivity index (χ4n) is 2.85. The van der Waals surface area contributed by atoms with Gasteiger partial charge in [-0.3, -0.25) is 0 Å². The van der Waals surface area contributed by atoms with E-state index in [2.05, 4.69) is 13.8 Å². The second-order valence-corrected chi connectivity index (χ2v) is 6.20. The van der Waals surface area contributed by atoms with Crippen molar-refractivity contribution in [2.24, 2.45) is 5.73 Å². The molecule has 2 N–H and O–H groups in total. The quantitative estimate of drug-likeness (QED) is 0.921. The van der Waals surface area contributed by atoms with Gasteiger partial charge in [0.2, 0.25) is 0 Å². The summed E-state index contributed by atoms with van der Waals surface area (Å²) in [4.78, 5) is 0. The summed E-state index contributed by atoms with van der Waals surface area (Å²) in [5.74, 6) is 0. The summed E-state index contributed by atoms with van der Waals surface area (Å²) in [5, 5.41) is 0.711. The Balaban J connectivity index is 2.12. The highest BCUT2D eigenvalue weighted by Crippen LogP contribution is 2.32. The molecule has 0 radical (unpaired) electrons. The van der Waals surface area contributed by atoms with Gasteiger partial charge in [0.05, 0.1) is 24.4 Å². The second kappa shape index (κ2) is 6.90. The lowest BCUT2D eigenvalue weighted by Gasteiger charge is -2.35. The lowest BCUT2D eigenvalue weighted by molar-refractivity contribution is -0.126. The average Bonchev–Trinajstić information content (AvgIpc) is 2.35. The Morgan fingerprint density at radius 3 is 2.40 bits per heavy atom. The van der Waals surface area contributed by atoms with Gasteiger partial charge in [0.1, 0.15) is 0 Å². The normalized spacial score (nSPS) is 29.9. The van der Waals surface area contributed by atoms with Crippen LogP contribution >= 0.6 is 11.6 Å². The van der Waals surface area contributed by atoms with E-state index in [1.807, 2.05) is 31.2 Å². The van der Waals surface area contributed by atoms with E-state index in [0.29, 0.717) is 5.02 Å². The number of hydrogen-bond acceptors (Lipinski definition) is 3. The Morgan fingerprint density at radius 2 is 1.85 bits per heavy atom. The first-order chi connectivity index (χ1) is 9.47. The molecule has 0 spiro atoms. The zero-order valence-corrected chi connectivity index (χ0v) is 13.1. The van der Waals surface area contributed by atoms with E-state index < -0.39 is 0 Å². The fourth-order valence-corrected chi connectivity index (χ4v) is 3.09. The molecule has 1 aliphatic heterocycles. The maximum atomic E-state index is 6.28. The lowest BCUT2D eigenvalue weighted by Crippen LogP contribution is -2.38. The number of benzene rings is 1. The highest BCUT2D eigenvalue weighted by molar-refractivity contribution is 6.31. The summed E-state index contributed by atoms with van der Waals surface area (Å²) in [6, 6.07) is 7.65. The number of hydrogen-bond donors (Lipinski definition) is 1. The first-order valence-corrected chi connectivity index (χ1v) is 7.66. The van der Waals surface area contributed by atoms with Crippen LogP contribution in [0.1, 0.15) is 45.3 Å². The molecule has 0 aromatic heterocycles. The van der Waals surface area contributed by atoms with Crippen molar-refractivity contribution in [3.8, 4) is 0 Å². The minimum Gasteiger partial charge on any atom is -0.375 e. The molecular weight excluding hydrogens is 274 g/mol. The van der Waals surface area contributed by atoms with Gasteiger partial charge in [0.15, 0.2) is 0 Å². The van der Waals surface area contributed by atoms with Crippen molar-refractivity contribution in [1.29, 1.82) is 0 Å². The predicted octanol–water partition coefficient (Wildman–Crippen LogP) is 3.70. The Morgan fingerprint density at radius 1 is 1.25 bits per heavy atom. The second-order valence-electron chi connectivity index (χ2n) is 5.79. The SMILES string of the molecule is CC1CC(OC(c2ccccc2Cl)C(C)N)CC(C)O1. The smallest absolute Gasteiger partial charge is 0.0991 e. The van der Waals surface area contributed by atoms with Crippen molar-refractivity contribution in [1.82, 2.24) is 0 Å². The largest absolute Gasteiger partial charge is 0.375 e. The van der Waals surface area contributed by atoms with Crippen LogP contribution in [0, 0.1) is 0 Å². The number of nitrogens with two attached hydrogens (primary N) is 1.